The van der Waals surface area contributed by atoms with Crippen molar-refractivity contribution in [2.75, 3.05) is 7.11 Å². The molecule has 0 fully saturated rings. The topological polar surface area (TPSA) is 63.6 Å². The molecule has 6 heteroatoms. The van der Waals surface area contributed by atoms with Gasteiger partial charge >= 0.3 is 5.97 Å². The third-order valence-electron chi connectivity index (χ3n) is 1.98. The second-order valence-electron chi connectivity index (χ2n) is 3.03. The van der Waals surface area contributed by atoms with Gasteiger partial charge in [-0.1, -0.05) is 0 Å². The van der Waals surface area contributed by atoms with E-state index in [1.165, 1.54) is 13.2 Å². The first-order valence-corrected chi connectivity index (χ1v) is 4.99. The third kappa shape index (κ3) is 2.06. The summed E-state index contributed by atoms with van der Waals surface area (Å²) in [5.41, 5.74) is -0.0951. The van der Waals surface area contributed by atoms with E-state index in [2.05, 4.69) is 15.9 Å². The Morgan fingerprint density at radius 3 is 2.50 bits per heavy atom. The zero-order chi connectivity index (χ0) is 12.5. The molecule has 0 radical (unpaired) electrons. The smallest absolute Gasteiger partial charge is 0.377 e. The van der Waals surface area contributed by atoms with Crippen LogP contribution in [0.2, 0.25) is 0 Å². The first-order valence-electron chi connectivity index (χ1n) is 4.20. The van der Waals surface area contributed by atoms with Crippen molar-refractivity contribution in [2.24, 2.45) is 0 Å². The summed E-state index contributed by atoms with van der Waals surface area (Å²) in [5, 5.41) is 8.57. The maximum Gasteiger partial charge on any atom is 0.377 e. The van der Waals surface area contributed by atoms with Crippen LogP contribution in [0.5, 0.6) is 5.75 Å². The molecule has 1 rings (SSSR count). The second kappa shape index (κ2) is 4.61. The van der Waals surface area contributed by atoms with Crippen LogP contribution in [0.15, 0.2) is 10.5 Å². The lowest BCUT2D eigenvalue weighted by atomic mass is 10.1. The Balaban J connectivity index is 3.57. The van der Waals surface area contributed by atoms with Crippen molar-refractivity contribution in [2.45, 2.75) is 6.92 Å². The van der Waals surface area contributed by atoms with Gasteiger partial charge in [-0.3, -0.25) is 4.79 Å². The molecule has 86 valence electrons. The Labute approximate surface area is 99.2 Å². The molecule has 0 saturated carbocycles. The van der Waals surface area contributed by atoms with E-state index in [1.807, 2.05) is 0 Å². The number of rotatable bonds is 3. The Hall–Kier alpha value is -1.43. The number of carboxylic acid groups (broad SMARTS) is 1. The van der Waals surface area contributed by atoms with Gasteiger partial charge in [-0.2, -0.15) is 0 Å². The van der Waals surface area contributed by atoms with E-state index in [1.54, 1.807) is 6.92 Å². The SMILES string of the molecule is COc1c(C)cc(Br)c(F)c1C(=O)C(=O)O. The number of carboxylic acids is 1. The summed E-state index contributed by atoms with van der Waals surface area (Å²) in [6, 6.07) is 1.41. The fourth-order valence-electron chi connectivity index (χ4n) is 1.31. The van der Waals surface area contributed by atoms with Crippen LogP contribution >= 0.6 is 15.9 Å². The van der Waals surface area contributed by atoms with E-state index in [9.17, 15) is 14.0 Å². The molecule has 0 spiro atoms. The highest BCUT2D eigenvalue weighted by Gasteiger charge is 2.26. The van der Waals surface area contributed by atoms with Gasteiger partial charge in [-0.05, 0) is 34.5 Å². The third-order valence-corrected chi connectivity index (χ3v) is 2.56. The number of ketones is 1. The largest absolute Gasteiger partial charge is 0.496 e. The van der Waals surface area contributed by atoms with Gasteiger partial charge in [0.15, 0.2) is 5.82 Å². The minimum Gasteiger partial charge on any atom is -0.496 e. The molecule has 16 heavy (non-hydrogen) atoms. The first-order chi connectivity index (χ1) is 7.40. The van der Waals surface area contributed by atoms with Crippen molar-refractivity contribution in [3.8, 4) is 5.75 Å². The van der Waals surface area contributed by atoms with E-state index < -0.39 is 23.1 Å². The van der Waals surface area contributed by atoms with Crippen LogP contribution in [0, 0.1) is 12.7 Å². The molecule has 4 nitrogen and oxygen atoms in total. The van der Waals surface area contributed by atoms with Crippen LogP contribution in [0.3, 0.4) is 0 Å². The Kier molecular flexibility index (Phi) is 3.64. The zero-order valence-corrected chi connectivity index (χ0v) is 10.1. The molecule has 0 aliphatic heterocycles. The molecule has 1 N–H and O–H groups in total. The number of benzene rings is 1. The molecule has 1 aromatic carbocycles. The molecule has 0 aliphatic rings. The average molecular weight is 291 g/mol. The van der Waals surface area contributed by atoms with Crippen LogP contribution in [-0.2, 0) is 4.79 Å². The molecule has 0 saturated heterocycles. The highest BCUT2D eigenvalue weighted by molar-refractivity contribution is 9.10. The lowest BCUT2D eigenvalue weighted by Gasteiger charge is -2.11. The normalized spacial score (nSPS) is 10.0. The van der Waals surface area contributed by atoms with Gasteiger partial charge in [0.2, 0.25) is 0 Å². The summed E-state index contributed by atoms with van der Waals surface area (Å²) in [7, 11) is 1.24. The summed E-state index contributed by atoms with van der Waals surface area (Å²) in [6.45, 7) is 1.58. The predicted octanol–water partition coefficient (Wildman–Crippen LogP) is 2.17. The lowest BCUT2D eigenvalue weighted by Crippen LogP contribution is -2.16. The van der Waals surface area contributed by atoms with Gasteiger partial charge in [0, 0.05) is 0 Å². The molecule has 0 amide bonds. The molecule has 0 aliphatic carbocycles. The van der Waals surface area contributed by atoms with Crippen molar-refractivity contribution in [1.82, 2.24) is 0 Å². The molecular weight excluding hydrogens is 283 g/mol. The predicted molar refractivity (Wildman–Crippen MR) is 57.4 cm³/mol. The molecule has 0 unspecified atom stereocenters. The van der Waals surface area contributed by atoms with Crippen LogP contribution in [0.4, 0.5) is 4.39 Å². The van der Waals surface area contributed by atoms with E-state index in [0.29, 0.717) is 5.56 Å². The molecule has 0 heterocycles. The second-order valence-corrected chi connectivity index (χ2v) is 3.89. The molecule has 0 atom stereocenters. The number of Topliss-reactive ketones (excluding diaryl/α,β-unsaturated/α-hetero) is 1. The van der Waals surface area contributed by atoms with Gasteiger partial charge in [-0.25, -0.2) is 9.18 Å². The van der Waals surface area contributed by atoms with Gasteiger partial charge < -0.3 is 9.84 Å². The average Bonchev–Trinajstić information content (AvgIpc) is 2.21. The Morgan fingerprint density at radius 2 is 2.06 bits per heavy atom. The van der Waals surface area contributed by atoms with Crippen molar-refractivity contribution >= 4 is 27.7 Å². The van der Waals surface area contributed by atoms with E-state index in [0.717, 1.165) is 0 Å². The van der Waals surface area contributed by atoms with Crippen molar-refractivity contribution in [3.63, 3.8) is 0 Å². The van der Waals surface area contributed by atoms with E-state index in [-0.39, 0.29) is 10.2 Å². The standard InChI is InChI=1S/C10H8BrFO4/c1-4-3-5(11)7(12)6(9(4)16-2)8(13)10(14)15/h3H,1-2H3,(H,14,15). The van der Waals surface area contributed by atoms with Crippen molar-refractivity contribution in [1.29, 1.82) is 0 Å². The number of hydrogen-bond donors (Lipinski definition) is 1. The number of methoxy groups -OCH3 is 1. The summed E-state index contributed by atoms with van der Waals surface area (Å²) >= 11 is 2.90. The Bertz CT molecular complexity index is 470. The quantitative estimate of drug-likeness (QED) is 0.684. The fraction of sp³-hybridized carbons (Fsp3) is 0.200. The minimum atomic E-state index is -1.73. The Morgan fingerprint density at radius 1 is 1.50 bits per heavy atom. The van der Waals surface area contributed by atoms with Crippen molar-refractivity contribution in [3.05, 3.63) is 27.5 Å². The highest BCUT2D eigenvalue weighted by Crippen LogP contribution is 2.31. The number of carbonyl (C=O) groups is 2. The van der Waals surface area contributed by atoms with E-state index in [4.69, 9.17) is 9.84 Å². The summed E-state index contributed by atoms with van der Waals surface area (Å²) in [5.74, 6) is -4.06. The maximum absolute atomic E-state index is 13.6. The number of hydrogen-bond acceptors (Lipinski definition) is 3. The number of aryl methyl sites for hydroxylation is 1. The van der Waals surface area contributed by atoms with Gasteiger partial charge in [0.25, 0.3) is 5.78 Å². The number of aliphatic carboxylic acids is 1. The summed E-state index contributed by atoms with van der Waals surface area (Å²) in [4.78, 5) is 21.9. The highest BCUT2D eigenvalue weighted by atomic mass is 79.9. The summed E-state index contributed by atoms with van der Waals surface area (Å²) in [6.07, 6.45) is 0. The zero-order valence-electron chi connectivity index (χ0n) is 8.51. The van der Waals surface area contributed by atoms with Gasteiger partial charge in [0.05, 0.1) is 11.6 Å². The first kappa shape index (κ1) is 12.6. The van der Waals surface area contributed by atoms with Crippen LogP contribution in [0.25, 0.3) is 0 Å². The number of carbonyl (C=O) groups excluding carboxylic acids is 1. The molecule has 0 bridgehead atoms. The van der Waals surface area contributed by atoms with E-state index >= 15 is 0 Å². The summed E-state index contributed by atoms with van der Waals surface area (Å²) < 4.78 is 18.5. The molecule has 0 aromatic heterocycles. The van der Waals surface area contributed by atoms with Crippen LogP contribution < -0.4 is 4.74 Å². The number of ether oxygens (including phenoxy) is 1. The van der Waals surface area contributed by atoms with Crippen molar-refractivity contribution < 1.29 is 23.8 Å². The lowest BCUT2D eigenvalue weighted by molar-refractivity contribution is -0.131. The monoisotopic (exact) mass is 290 g/mol. The van der Waals surface area contributed by atoms with Gasteiger partial charge in [0.1, 0.15) is 11.3 Å². The molecular formula is C10H8BrFO4. The van der Waals surface area contributed by atoms with Gasteiger partial charge in [-0.15, -0.1) is 0 Å². The number of halogens is 2. The van der Waals surface area contributed by atoms with Crippen LogP contribution in [0.1, 0.15) is 15.9 Å². The minimum absolute atomic E-state index is 0.0235. The van der Waals surface area contributed by atoms with Crippen LogP contribution in [-0.4, -0.2) is 24.0 Å². The fourth-order valence-corrected chi connectivity index (χ4v) is 1.85. The maximum atomic E-state index is 13.6. The molecule has 1 aromatic rings.